The molecule has 0 spiro atoms. The van der Waals surface area contributed by atoms with E-state index in [2.05, 4.69) is 0 Å². The van der Waals surface area contributed by atoms with Gasteiger partial charge in [-0.15, -0.1) is 0 Å². The number of hydrogen-bond acceptors (Lipinski definition) is 5. The van der Waals surface area contributed by atoms with E-state index in [1.165, 1.54) is 17.0 Å². The molecule has 1 aromatic carbocycles. The van der Waals surface area contributed by atoms with Gasteiger partial charge in [-0.25, -0.2) is 16.8 Å². The highest BCUT2D eigenvalue weighted by Crippen LogP contribution is 2.30. The second-order valence-electron chi connectivity index (χ2n) is 5.50. The molecule has 0 saturated carbocycles. The number of halogens is 1. The number of rotatable bonds is 4. The first-order valence-electron chi connectivity index (χ1n) is 6.51. The van der Waals surface area contributed by atoms with Gasteiger partial charge in [-0.2, -0.15) is 0 Å². The lowest BCUT2D eigenvalue weighted by molar-refractivity contribution is -0.117. The Morgan fingerprint density at radius 1 is 1.27 bits per heavy atom. The molecular weight excluding hydrogens is 350 g/mol. The minimum absolute atomic E-state index is 0.0779. The van der Waals surface area contributed by atoms with Gasteiger partial charge in [-0.1, -0.05) is 6.07 Å². The van der Waals surface area contributed by atoms with E-state index in [1.54, 1.807) is 13.0 Å². The molecule has 0 radical (unpaired) electrons. The Hall–Kier alpha value is -1.12. The smallest absolute Gasteiger partial charge is 0.232 e. The van der Waals surface area contributed by atoms with Crippen LogP contribution in [0.5, 0.6) is 0 Å². The van der Waals surface area contributed by atoms with Crippen LogP contribution in [0.3, 0.4) is 0 Å². The Balaban J connectivity index is 2.34. The zero-order valence-corrected chi connectivity index (χ0v) is 14.5. The number of carbonyl (C=O) groups excluding carboxylic acids is 1. The molecule has 0 bridgehead atoms. The Bertz CT molecular complexity index is 817. The van der Waals surface area contributed by atoms with Crippen LogP contribution in [0.1, 0.15) is 12.0 Å². The summed E-state index contributed by atoms with van der Waals surface area (Å²) < 4.78 is 45.6. The van der Waals surface area contributed by atoms with Gasteiger partial charge in [0.05, 0.1) is 10.6 Å². The summed E-state index contributed by atoms with van der Waals surface area (Å²) in [5.74, 6) is -0.905. The van der Waals surface area contributed by atoms with Gasteiger partial charge in [-0.05, 0) is 24.6 Å². The molecule has 1 aliphatic rings. The van der Waals surface area contributed by atoms with Gasteiger partial charge in [0.1, 0.15) is 0 Å². The summed E-state index contributed by atoms with van der Waals surface area (Å²) in [6.45, 7) is 1.97. The average Bonchev–Trinajstić information content (AvgIpc) is 2.66. The zero-order valence-electron chi connectivity index (χ0n) is 12.1. The van der Waals surface area contributed by atoms with Gasteiger partial charge < -0.3 is 4.90 Å². The number of nitrogens with zero attached hydrogens (tertiary/aromatic N) is 1. The van der Waals surface area contributed by atoms with E-state index in [0.29, 0.717) is 5.69 Å². The highest BCUT2D eigenvalue weighted by molar-refractivity contribution is 8.13. The fraction of sp³-hybridized carbons (Fsp3) is 0.462. The van der Waals surface area contributed by atoms with Gasteiger partial charge in [0.2, 0.25) is 15.0 Å². The molecule has 0 aliphatic carbocycles. The number of aryl methyl sites for hydroxylation is 1. The lowest BCUT2D eigenvalue weighted by atomic mass is 10.1. The molecule has 1 unspecified atom stereocenters. The normalized spacial score (nSPS) is 19.7. The summed E-state index contributed by atoms with van der Waals surface area (Å²) >= 11 is 0. The SMILES string of the molecule is Cc1ccc(S(C)(=O)=O)cc1N1CC(CS(=O)(=O)Cl)CC1=O. The largest absolute Gasteiger partial charge is 0.312 e. The van der Waals surface area contributed by atoms with Crippen molar-refractivity contribution >= 4 is 41.2 Å². The molecule has 2 rings (SSSR count). The molecule has 1 atom stereocenters. The lowest BCUT2D eigenvalue weighted by Gasteiger charge is -2.20. The van der Waals surface area contributed by atoms with Crippen molar-refractivity contribution in [2.24, 2.45) is 5.92 Å². The Kier molecular flexibility index (Phi) is 4.56. The van der Waals surface area contributed by atoms with Crippen molar-refractivity contribution in [3.05, 3.63) is 23.8 Å². The highest BCUT2D eigenvalue weighted by Gasteiger charge is 2.34. The molecule has 6 nitrogen and oxygen atoms in total. The third-order valence-electron chi connectivity index (χ3n) is 3.54. The molecule has 0 aromatic heterocycles. The van der Waals surface area contributed by atoms with E-state index in [0.717, 1.165) is 11.8 Å². The van der Waals surface area contributed by atoms with Crippen molar-refractivity contribution in [2.75, 3.05) is 23.5 Å². The van der Waals surface area contributed by atoms with Crippen LogP contribution in [0.4, 0.5) is 5.69 Å². The third kappa shape index (κ3) is 3.99. The molecule has 1 heterocycles. The first-order chi connectivity index (χ1) is 9.97. The predicted molar refractivity (Wildman–Crippen MR) is 84.4 cm³/mol. The van der Waals surface area contributed by atoms with Crippen LogP contribution in [0.25, 0.3) is 0 Å². The average molecular weight is 366 g/mol. The number of carbonyl (C=O) groups is 1. The van der Waals surface area contributed by atoms with Gasteiger partial charge in [-0.3, -0.25) is 4.79 Å². The van der Waals surface area contributed by atoms with Gasteiger partial charge in [0.15, 0.2) is 9.84 Å². The van der Waals surface area contributed by atoms with E-state index < -0.39 is 24.8 Å². The van der Waals surface area contributed by atoms with E-state index in [4.69, 9.17) is 10.7 Å². The summed E-state index contributed by atoms with van der Waals surface area (Å²) in [5.41, 5.74) is 1.23. The lowest BCUT2D eigenvalue weighted by Crippen LogP contribution is -2.26. The Labute approximate surface area is 134 Å². The molecule has 1 aromatic rings. The molecular formula is C13H16ClNO5S2. The fourth-order valence-corrected chi connectivity index (χ4v) is 4.48. The molecule has 1 fully saturated rings. The van der Waals surface area contributed by atoms with Gasteiger partial charge in [0, 0.05) is 41.5 Å². The van der Waals surface area contributed by atoms with Crippen LogP contribution in [-0.4, -0.2) is 41.3 Å². The highest BCUT2D eigenvalue weighted by atomic mass is 35.7. The first kappa shape index (κ1) is 17.2. The molecule has 9 heteroatoms. The summed E-state index contributed by atoms with van der Waals surface area (Å²) in [7, 11) is -1.83. The topological polar surface area (TPSA) is 88.6 Å². The van der Waals surface area contributed by atoms with Crippen LogP contribution < -0.4 is 4.90 Å². The zero-order chi connectivity index (χ0) is 16.7. The minimum atomic E-state index is -3.68. The number of anilines is 1. The maximum Gasteiger partial charge on any atom is 0.232 e. The van der Waals surface area contributed by atoms with E-state index >= 15 is 0 Å². The van der Waals surface area contributed by atoms with Crippen LogP contribution in [0, 0.1) is 12.8 Å². The molecule has 1 aliphatic heterocycles. The van der Waals surface area contributed by atoms with Crippen molar-refractivity contribution in [2.45, 2.75) is 18.2 Å². The van der Waals surface area contributed by atoms with Crippen molar-refractivity contribution in [3.63, 3.8) is 0 Å². The number of sulfone groups is 1. The fourth-order valence-electron chi connectivity index (χ4n) is 2.52. The second-order valence-corrected chi connectivity index (χ2v) is 10.3. The van der Waals surface area contributed by atoms with E-state index in [1.807, 2.05) is 0 Å². The Morgan fingerprint density at radius 2 is 1.91 bits per heavy atom. The number of benzene rings is 1. The molecule has 1 amide bonds. The van der Waals surface area contributed by atoms with Crippen molar-refractivity contribution in [3.8, 4) is 0 Å². The summed E-state index contributed by atoms with van der Waals surface area (Å²) in [6, 6.07) is 4.56. The van der Waals surface area contributed by atoms with Crippen molar-refractivity contribution < 1.29 is 21.6 Å². The van der Waals surface area contributed by atoms with Crippen LogP contribution in [-0.2, 0) is 23.7 Å². The Morgan fingerprint density at radius 3 is 2.45 bits per heavy atom. The quantitative estimate of drug-likeness (QED) is 0.751. The van der Waals surface area contributed by atoms with Gasteiger partial charge in [0.25, 0.3) is 0 Å². The maximum atomic E-state index is 12.1. The number of hydrogen-bond donors (Lipinski definition) is 0. The summed E-state index contributed by atoms with van der Waals surface area (Å²) in [5, 5.41) is 0. The van der Waals surface area contributed by atoms with Gasteiger partial charge >= 0.3 is 0 Å². The molecule has 0 N–H and O–H groups in total. The second kappa shape index (κ2) is 5.82. The maximum absolute atomic E-state index is 12.1. The van der Waals surface area contributed by atoms with E-state index in [9.17, 15) is 21.6 Å². The van der Waals surface area contributed by atoms with Crippen molar-refractivity contribution in [1.29, 1.82) is 0 Å². The monoisotopic (exact) mass is 365 g/mol. The minimum Gasteiger partial charge on any atom is -0.312 e. The van der Waals surface area contributed by atoms with E-state index in [-0.39, 0.29) is 29.5 Å². The number of amides is 1. The van der Waals surface area contributed by atoms with Crippen molar-refractivity contribution in [1.82, 2.24) is 0 Å². The third-order valence-corrected chi connectivity index (χ3v) is 5.90. The van der Waals surface area contributed by atoms with Crippen LogP contribution in [0.2, 0.25) is 0 Å². The molecule has 1 saturated heterocycles. The predicted octanol–water partition coefficient (Wildman–Crippen LogP) is 1.32. The standard InChI is InChI=1S/C13H16ClNO5S2/c1-9-3-4-11(21(2,17)18)6-12(9)15-7-10(5-13(15)16)8-22(14,19)20/h3-4,6,10H,5,7-8H2,1-2H3. The summed E-state index contributed by atoms with van der Waals surface area (Å²) in [4.78, 5) is 13.7. The molecule has 22 heavy (non-hydrogen) atoms. The van der Waals surface area contributed by atoms with Crippen LogP contribution >= 0.6 is 10.7 Å². The molecule has 122 valence electrons. The first-order valence-corrected chi connectivity index (χ1v) is 10.9. The summed E-state index contributed by atoms with van der Waals surface area (Å²) in [6.07, 6.45) is 1.17. The van der Waals surface area contributed by atoms with Crippen LogP contribution in [0.15, 0.2) is 23.1 Å².